The van der Waals surface area contributed by atoms with Crippen LogP contribution in [-0.2, 0) is 4.52 Å². The third kappa shape index (κ3) is 4.36. The smallest absolute Gasteiger partial charge is 0.189 e. The molecule has 0 N–H and O–H groups in total. The Balaban J connectivity index is 1.68. The minimum Gasteiger partial charge on any atom is -0.323 e. The first-order valence-corrected chi connectivity index (χ1v) is 11.9. The molecule has 3 aromatic carbocycles. The van der Waals surface area contributed by atoms with Gasteiger partial charge in [0.05, 0.1) is 18.2 Å². The molecule has 0 radical (unpaired) electrons. The predicted octanol–water partition coefficient (Wildman–Crippen LogP) is 7.13. The van der Waals surface area contributed by atoms with E-state index in [0.717, 1.165) is 12.8 Å². The van der Waals surface area contributed by atoms with E-state index < -0.39 is 8.45 Å². The van der Waals surface area contributed by atoms with Gasteiger partial charge in [-0.1, -0.05) is 104 Å². The van der Waals surface area contributed by atoms with Crippen LogP contribution in [0.1, 0.15) is 54.6 Å². The highest BCUT2D eigenvalue weighted by Crippen LogP contribution is 2.64. The average Bonchev–Trinajstić information content (AvgIpc) is 3.05. The molecule has 0 unspecified atom stereocenters. The molecule has 3 aromatic rings. The maximum atomic E-state index is 6.88. The molecule has 1 saturated heterocycles. The number of likely N-dealkylation sites (N-methyl/N-ethyl adjacent to an activating group) is 2. The first-order chi connectivity index (χ1) is 14.7. The monoisotopic (exact) mass is 418 g/mol. The molecule has 0 spiro atoms. The van der Waals surface area contributed by atoms with Gasteiger partial charge in [0.25, 0.3) is 0 Å². The van der Waals surface area contributed by atoms with E-state index in [1.807, 2.05) is 0 Å². The molecule has 30 heavy (non-hydrogen) atoms. The van der Waals surface area contributed by atoms with E-state index in [2.05, 4.69) is 121 Å². The largest absolute Gasteiger partial charge is 0.323 e. The van der Waals surface area contributed by atoms with Gasteiger partial charge in [-0.2, -0.15) is 0 Å². The van der Waals surface area contributed by atoms with Gasteiger partial charge in [-0.05, 0) is 37.2 Å². The van der Waals surface area contributed by atoms with Gasteiger partial charge in [0.1, 0.15) is 0 Å². The van der Waals surface area contributed by atoms with Gasteiger partial charge in [0.2, 0.25) is 0 Å². The molecule has 4 heteroatoms. The Kier molecular flexibility index (Phi) is 6.97. The third-order valence-electron chi connectivity index (χ3n) is 5.87. The van der Waals surface area contributed by atoms with Gasteiger partial charge in [0, 0.05) is 0 Å². The maximum Gasteiger partial charge on any atom is 0.189 e. The summed E-state index contributed by atoms with van der Waals surface area (Å²) in [5, 5.41) is 0. The van der Waals surface area contributed by atoms with Crippen molar-refractivity contribution in [3.05, 3.63) is 108 Å². The molecular weight excluding hydrogens is 387 g/mol. The topological polar surface area (TPSA) is 15.7 Å². The predicted molar refractivity (Wildman–Crippen MR) is 126 cm³/mol. The van der Waals surface area contributed by atoms with Crippen molar-refractivity contribution in [1.29, 1.82) is 0 Å². The lowest BCUT2D eigenvalue weighted by Crippen LogP contribution is -2.20. The summed E-state index contributed by atoms with van der Waals surface area (Å²) in [5.74, 6) is 0. The van der Waals surface area contributed by atoms with Crippen LogP contribution in [0, 0.1) is 0 Å². The van der Waals surface area contributed by atoms with E-state index in [1.165, 1.54) is 16.7 Å². The Morgan fingerprint density at radius 2 is 1.17 bits per heavy atom. The minimum atomic E-state index is -0.901. The fourth-order valence-electron chi connectivity index (χ4n) is 4.41. The number of benzene rings is 3. The van der Waals surface area contributed by atoms with Crippen molar-refractivity contribution in [2.75, 3.05) is 14.1 Å². The zero-order valence-electron chi connectivity index (χ0n) is 18.1. The lowest BCUT2D eigenvalue weighted by atomic mass is 9.93. The van der Waals surface area contributed by atoms with Gasteiger partial charge in [-0.25, -0.2) is 9.34 Å². The summed E-state index contributed by atoms with van der Waals surface area (Å²) in [4.78, 5) is 0. The molecule has 0 aliphatic carbocycles. The summed E-state index contributed by atoms with van der Waals surface area (Å²) >= 11 is 0. The van der Waals surface area contributed by atoms with Crippen molar-refractivity contribution >= 4 is 8.45 Å². The second-order valence-electron chi connectivity index (χ2n) is 7.90. The Morgan fingerprint density at radius 1 is 0.733 bits per heavy atom. The van der Waals surface area contributed by atoms with Crippen LogP contribution in [0.2, 0.25) is 0 Å². The summed E-state index contributed by atoms with van der Waals surface area (Å²) in [6.07, 6.45) is 2.23. The molecule has 1 heterocycles. The highest BCUT2D eigenvalue weighted by Gasteiger charge is 2.47. The molecule has 0 amide bonds. The van der Waals surface area contributed by atoms with E-state index in [4.69, 9.17) is 4.52 Å². The van der Waals surface area contributed by atoms with Gasteiger partial charge >= 0.3 is 0 Å². The second-order valence-corrected chi connectivity index (χ2v) is 9.88. The van der Waals surface area contributed by atoms with Crippen molar-refractivity contribution in [2.24, 2.45) is 0 Å². The summed E-state index contributed by atoms with van der Waals surface area (Å²) in [7, 11) is 3.54. The third-order valence-corrected chi connectivity index (χ3v) is 7.89. The Labute approximate surface area is 182 Å². The lowest BCUT2D eigenvalue weighted by Gasteiger charge is -2.30. The molecule has 1 aliphatic rings. The zero-order chi connectivity index (χ0) is 20.9. The van der Waals surface area contributed by atoms with E-state index in [1.54, 1.807) is 0 Å². The van der Waals surface area contributed by atoms with Crippen LogP contribution in [0.25, 0.3) is 0 Å². The lowest BCUT2D eigenvalue weighted by molar-refractivity contribution is 0.192. The maximum absolute atomic E-state index is 6.88. The summed E-state index contributed by atoms with van der Waals surface area (Å²) < 4.78 is 11.8. The van der Waals surface area contributed by atoms with Crippen molar-refractivity contribution in [2.45, 2.75) is 38.0 Å². The molecule has 4 rings (SSSR count). The van der Waals surface area contributed by atoms with Gasteiger partial charge in [0.15, 0.2) is 8.45 Å². The first kappa shape index (κ1) is 21.2. The summed E-state index contributed by atoms with van der Waals surface area (Å²) in [5.41, 5.74) is 3.94. The number of hydrogen-bond acceptors (Lipinski definition) is 3. The van der Waals surface area contributed by atoms with E-state index in [-0.39, 0.29) is 18.2 Å². The van der Waals surface area contributed by atoms with Crippen LogP contribution in [0.3, 0.4) is 0 Å². The van der Waals surface area contributed by atoms with Crippen molar-refractivity contribution in [3.63, 3.8) is 0 Å². The standard InChI is InChI=1S/C26H31N2OP/c1-4-14-24(21-15-8-5-9-16-21)29-30-27(2)25(22-17-10-6-11-18-22)26(28(30)3)23-19-12-7-13-20-23/h5-13,15-20,24-26H,4,14H2,1-3H3/t24-,25-,26-/m1/s1. The Bertz CT molecular complexity index is 855. The van der Waals surface area contributed by atoms with Crippen LogP contribution in [0.15, 0.2) is 91.0 Å². The van der Waals surface area contributed by atoms with Crippen molar-refractivity contribution in [1.82, 2.24) is 9.34 Å². The number of hydrogen-bond donors (Lipinski definition) is 0. The molecule has 3 nitrogen and oxygen atoms in total. The van der Waals surface area contributed by atoms with Crippen molar-refractivity contribution in [3.8, 4) is 0 Å². The quantitative estimate of drug-likeness (QED) is 0.380. The van der Waals surface area contributed by atoms with E-state index in [0.29, 0.717) is 0 Å². The van der Waals surface area contributed by atoms with Crippen LogP contribution in [-0.4, -0.2) is 23.4 Å². The highest BCUT2D eigenvalue weighted by molar-refractivity contribution is 7.47. The zero-order valence-corrected chi connectivity index (χ0v) is 19.0. The molecule has 0 aromatic heterocycles. The molecule has 0 saturated carbocycles. The molecule has 3 atom stereocenters. The van der Waals surface area contributed by atoms with Gasteiger partial charge < -0.3 is 4.52 Å². The molecule has 156 valence electrons. The van der Waals surface area contributed by atoms with Crippen molar-refractivity contribution < 1.29 is 4.52 Å². The molecule has 1 aliphatic heterocycles. The summed E-state index contributed by atoms with van der Waals surface area (Å²) in [6.45, 7) is 2.23. The van der Waals surface area contributed by atoms with E-state index >= 15 is 0 Å². The minimum absolute atomic E-state index is 0.109. The average molecular weight is 419 g/mol. The molecule has 0 bridgehead atoms. The number of rotatable bonds is 7. The molecular formula is C26H31N2OP. The number of nitrogens with zero attached hydrogens (tertiary/aromatic N) is 2. The van der Waals surface area contributed by atoms with Crippen LogP contribution in [0.4, 0.5) is 0 Å². The molecule has 1 fully saturated rings. The summed E-state index contributed by atoms with van der Waals surface area (Å²) in [6, 6.07) is 32.9. The van der Waals surface area contributed by atoms with E-state index in [9.17, 15) is 0 Å². The van der Waals surface area contributed by atoms with Crippen LogP contribution >= 0.6 is 8.45 Å². The van der Waals surface area contributed by atoms with Gasteiger partial charge in [-0.3, -0.25) is 0 Å². The SMILES string of the molecule is CCC[C@@H](OP1N(C)[C@H](c2ccccc2)[C@@H](c2ccccc2)N1C)c1ccccc1. The fourth-order valence-corrected chi connectivity index (χ4v) is 6.56. The second kappa shape index (κ2) is 9.85. The highest BCUT2D eigenvalue weighted by atomic mass is 31.2. The fraction of sp³-hybridized carbons (Fsp3) is 0.308. The van der Waals surface area contributed by atoms with Crippen LogP contribution in [0.5, 0.6) is 0 Å². The van der Waals surface area contributed by atoms with Crippen LogP contribution < -0.4 is 0 Å². The normalized spacial score (nSPS) is 21.7. The first-order valence-electron chi connectivity index (χ1n) is 10.8. The van der Waals surface area contributed by atoms with Gasteiger partial charge in [-0.15, -0.1) is 0 Å². The Hall–Kier alpha value is -2.03. The Morgan fingerprint density at radius 3 is 1.60 bits per heavy atom.